The number of benzene rings is 2. The van der Waals surface area contributed by atoms with Gasteiger partial charge in [0, 0.05) is 31.0 Å². The first-order valence-corrected chi connectivity index (χ1v) is 10.5. The first-order chi connectivity index (χ1) is 15.1. The maximum Gasteiger partial charge on any atom is 0.188 e. The molecule has 1 fully saturated rings. The maximum absolute atomic E-state index is 7.41. The highest BCUT2D eigenvalue weighted by molar-refractivity contribution is 6.32. The Bertz CT molecular complexity index is 1140. The van der Waals surface area contributed by atoms with Crippen LogP contribution in [0.3, 0.4) is 0 Å². The van der Waals surface area contributed by atoms with Crippen molar-refractivity contribution in [1.82, 2.24) is 10.2 Å². The summed E-state index contributed by atoms with van der Waals surface area (Å²) in [4.78, 5) is 5.86. The molecule has 1 atom stereocenters. The second-order valence-corrected chi connectivity index (χ2v) is 7.89. The monoisotopic (exact) mass is 473 g/mol. The molecule has 4 rings (SSSR count). The number of ether oxygens (including phenoxy) is 2. The van der Waals surface area contributed by atoms with Crippen molar-refractivity contribution < 1.29 is 9.47 Å². The molecule has 168 valence electrons. The summed E-state index contributed by atoms with van der Waals surface area (Å²) in [5.74, 6) is 2.11. The maximum atomic E-state index is 7.41. The van der Waals surface area contributed by atoms with E-state index >= 15 is 0 Å². The molecule has 32 heavy (non-hydrogen) atoms. The molecule has 9 heteroatoms. The minimum absolute atomic E-state index is 0. The zero-order valence-electron chi connectivity index (χ0n) is 18.0. The molecule has 1 aliphatic heterocycles. The highest BCUT2D eigenvalue weighted by atomic mass is 35.5. The van der Waals surface area contributed by atoms with Gasteiger partial charge in [-0.2, -0.15) is 0 Å². The zero-order valence-corrected chi connectivity index (χ0v) is 19.5. The summed E-state index contributed by atoms with van der Waals surface area (Å²) in [7, 11) is 3.32. The van der Waals surface area contributed by atoms with Crippen molar-refractivity contribution in [2.24, 2.45) is 0 Å². The van der Waals surface area contributed by atoms with Crippen LogP contribution in [0.15, 0.2) is 36.4 Å². The molecular weight excluding hydrogens is 449 g/mol. The highest BCUT2D eigenvalue weighted by Crippen LogP contribution is 2.35. The SMILES string of the molecule is Cl.[C-]#[N+]c1ccc2c(N3CCC[C@H]3COC)nnc(NCc3ccc(OC)c(Cl)c3)c2c1. The predicted octanol–water partition coefficient (Wildman–Crippen LogP) is 5.49. The van der Waals surface area contributed by atoms with Crippen LogP contribution in [0.4, 0.5) is 17.3 Å². The Labute approximate surface area is 198 Å². The van der Waals surface area contributed by atoms with Crippen molar-refractivity contribution in [3.8, 4) is 5.75 Å². The van der Waals surface area contributed by atoms with Gasteiger partial charge in [-0.25, -0.2) is 4.85 Å². The van der Waals surface area contributed by atoms with E-state index in [1.165, 1.54) is 0 Å². The van der Waals surface area contributed by atoms with E-state index in [4.69, 9.17) is 27.6 Å². The molecular formula is C23H25Cl2N5O2. The lowest BCUT2D eigenvalue weighted by Gasteiger charge is -2.26. The molecule has 0 spiro atoms. The van der Waals surface area contributed by atoms with Gasteiger partial charge in [0.1, 0.15) is 5.75 Å². The molecule has 2 heterocycles. The van der Waals surface area contributed by atoms with Crippen LogP contribution < -0.4 is 15.0 Å². The summed E-state index contributed by atoms with van der Waals surface area (Å²) in [5, 5.41) is 14.8. The Hall–Kier alpha value is -2.79. The average Bonchev–Trinajstić information content (AvgIpc) is 3.25. The van der Waals surface area contributed by atoms with E-state index in [2.05, 4.69) is 25.3 Å². The van der Waals surface area contributed by atoms with Crippen LogP contribution in [0.2, 0.25) is 5.02 Å². The van der Waals surface area contributed by atoms with Crippen LogP contribution in [0.1, 0.15) is 18.4 Å². The van der Waals surface area contributed by atoms with Crippen LogP contribution in [0, 0.1) is 6.57 Å². The third-order valence-electron chi connectivity index (χ3n) is 5.56. The highest BCUT2D eigenvalue weighted by Gasteiger charge is 2.27. The normalized spacial score (nSPS) is 15.3. The second kappa shape index (κ2) is 10.7. The van der Waals surface area contributed by atoms with Gasteiger partial charge in [0.15, 0.2) is 17.3 Å². The fraction of sp³-hybridized carbons (Fsp3) is 0.348. The molecule has 3 aromatic rings. The van der Waals surface area contributed by atoms with Crippen molar-refractivity contribution in [2.45, 2.75) is 25.4 Å². The lowest BCUT2D eigenvalue weighted by Crippen LogP contribution is -2.33. The summed E-state index contributed by atoms with van der Waals surface area (Å²) < 4.78 is 10.6. The smallest absolute Gasteiger partial charge is 0.188 e. The van der Waals surface area contributed by atoms with E-state index in [1.54, 1.807) is 14.2 Å². The second-order valence-electron chi connectivity index (χ2n) is 7.48. The molecule has 0 saturated carbocycles. The van der Waals surface area contributed by atoms with Crippen molar-refractivity contribution in [2.75, 3.05) is 37.6 Å². The van der Waals surface area contributed by atoms with Crippen LogP contribution in [-0.4, -0.2) is 43.6 Å². The average molecular weight is 474 g/mol. The van der Waals surface area contributed by atoms with Gasteiger partial charge < -0.3 is 19.7 Å². The largest absolute Gasteiger partial charge is 0.495 e. The zero-order chi connectivity index (χ0) is 21.8. The summed E-state index contributed by atoms with van der Waals surface area (Å²) in [5.41, 5.74) is 1.56. The fourth-order valence-corrected chi connectivity index (χ4v) is 4.31. The standard InChI is InChI=1S/C23H24ClN5O2.ClH/c1-25-16-7-8-18-19(12-16)22(26-13-15-6-9-21(31-3)20(24)11-15)27-28-23(18)29-10-4-5-17(29)14-30-2;/h6-9,11-12,17H,4-5,10,13-14H2,2-3H3,(H,26,27);1H/t17-;/m0./s1. The van der Waals surface area contributed by atoms with E-state index in [9.17, 15) is 0 Å². The van der Waals surface area contributed by atoms with E-state index in [1.807, 2.05) is 36.4 Å². The number of hydrogen-bond acceptors (Lipinski definition) is 6. The van der Waals surface area contributed by atoms with Gasteiger partial charge >= 0.3 is 0 Å². The molecule has 0 unspecified atom stereocenters. The Morgan fingerprint density at radius 2 is 2.03 bits per heavy atom. The first-order valence-electron chi connectivity index (χ1n) is 10.1. The van der Waals surface area contributed by atoms with Gasteiger partial charge in [0.05, 0.1) is 31.4 Å². The summed E-state index contributed by atoms with van der Waals surface area (Å²) in [6, 6.07) is 11.6. The number of hydrogen-bond donors (Lipinski definition) is 1. The summed E-state index contributed by atoms with van der Waals surface area (Å²) in [6.45, 7) is 9.50. The lowest BCUT2D eigenvalue weighted by atomic mass is 10.1. The lowest BCUT2D eigenvalue weighted by molar-refractivity contribution is 0.180. The number of fused-ring (bicyclic) bond motifs is 1. The van der Waals surface area contributed by atoms with Crippen molar-refractivity contribution in [3.05, 3.63) is 58.4 Å². The Kier molecular flexibility index (Phi) is 7.97. The van der Waals surface area contributed by atoms with Crippen molar-refractivity contribution >= 4 is 52.1 Å². The van der Waals surface area contributed by atoms with Crippen molar-refractivity contribution in [1.29, 1.82) is 0 Å². The molecule has 0 amide bonds. The van der Waals surface area contributed by atoms with Crippen LogP contribution in [-0.2, 0) is 11.3 Å². The van der Waals surface area contributed by atoms with Gasteiger partial charge in [-0.3, -0.25) is 0 Å². The Morgan fingerprint density at radius 3 is 2.75 bits per heavy atom. The predicted molar refractivity (Wildman–Crippen MR) is 131 cm³/mol. The van der Waals surface area contributed by atoms with Gasteiger partial charge in [0.2, 0.25) is 0 Å². The third kappa shape index (κ3) is 4.83. The van der Waals surface area contributed by atoms with E-state index in [-0.39, 0.29) is 18.4 Å². The number of anilines is 2. The molecule has 1 saturated heterocycles. The number of nitrogens with one attached hydrogen (secondary N) is 1. The number of methoxy groups -OCH3 is 2. The molecule has 0 aliphatic carbocycles. The molecule has 7 nitrogen and oxygen atoms in total. The minimum atomic E-state index is 0. The molecule has 2 aromatic carbocycles. The van der Waals surface area contributed by atoms with Gasteiger partial charge in [0.25, 0.3) is 0 Å². The topological polar surface area (TPSA) is 63.9 Å². The van der Waals surface area contributed by atoms with E-state index in [0.717, 1.165) is 41.5 Å². The van der Waals surface area contributed by atoms with Crippen LogP contribution >= 0.6 is 24.0 Å². The van der Waals surface area contributed by atoms with Crippen LogP contribution in [0.25, 0.3) is 15.6 Å². The Balaban J connectivity index is 0.00000289. The van der Waals surface area contributed by atoms with Crippen molar-refractivity contribution in [3.63, 3.8) is 0 Å². The quantitative estimate of drug-likeness (QED) is 0.457. The molecule has 1 N–H and O–H groups in total. The number of nitrogens with zero attached hydrogens (tertiary/aromatic N) is 4. The minimum Gasteiger partial charge on any atom is -0.495 e. The van der Waals surface area contributed by atoms with Crippen LogP contribution in [0.5, 0.6) is 5.75 Å². The number of rotatable bonds is 7. The van der Waals surface area contributed by atoms with E-state index in [0.29, 0.717) is 35.4 Å². The summed E-state index contributed by atoms with van der Waals surface area (Å²) in [6.07, 6.45) is 2.16. The molecule has 0 bridgehead atoms. The molecule has 1 aliphatic rings. The molecule has 1 aromatic heterocycles. The third-order valence-corrected chi connectivity index (χ3v) is 5.85. The van der Waals surface area contributed by atoms with Gasteiger partial charge in [-0.05, 0) is 36.6 Å². The van der Waals surface area contributed by atoms with Gasteiger partial charge in [-0.15, -0.1) is 22.6 Å². The number of halogens is 2. The summed E-state index contributed by atoms with van der Waals surface area (Å²) >= 11 is 6.25. The van der Waals surface area contributed by atoms with E-state index < -0.39 is 0 Å². The first kappa shape index (κ1) is 23.9. The van der Waals surface area contributed by atoms with Gasteiger partial charge in [-0.1, -0.05) is 29.8 Å². The fourth-order valence-electron chi connectivity index (χ4n) is 4.03. The Morgan fingerprint density at radius 1 is 1.19 bits per heavy atom. The number of aromatic nitrogens is 2. The molecule has 0 radical (unpaired) electrons.